The topological polar surface area (TPSA) is 95.1 Å². The highest BCUT2D eigenvalue weighted by molar-refractivity contribution is 6.04. The van der Waals surface area contributed by atoms with Crippen LogP contribution in [0.25, 0.3) is 5.69 Å². The van der Waals surface area contributed by atoms with E-state index in [0.29, 0.717) is 28.8 Å². The molecule has 0 radical (unpaired) electrons. The van der Waals surface area contributed by atoms with E-state index in [1.165, 1.54) is 0 Å². The van der Waals surface area contributed by atoms with Gasteiger partial charge in [-0.15, -0.1) is 0 Å². The molecule has 8 heteroatoms. The highest BCUT2D eigenvalue weighted by atomic mass is 16.5. The van der Waals surface area contributed by atoms with E-state index in [2.05, 4.69) is 20.6 Å². The Morgan fingerprint density at radius 2 is 1.97 bits per heavy atom. The second kappa shape index (κ2) is 7.97. The minimum Gasteiger partial charge on any atom is -0.485 e. The third-order valence-corrected chi connectivity index (χ3v) is 4.22. The fraction of sp³-hybridized carbons (Fsp3) is 0.143. The fourth-order valence-corrected chi connectivity index (χ4v) is 2.80. The zero-order valence-electron chi connectivity index (χ0n) is 16.0. The van der Waals surface area contributed by atoms with Crippen LogP contribution in [0, 0.1) is 13.8 Å². The van der Waals surface area contributed by atoms with Crippen molar-refractivity contribution < 1.29 is 14.1 Å². The number of nitrogens with one attached hydrogen (secondary N) is 1. The molecule has 29 heavy (non-hydrogen) atoms. The lowest BCUT2D eigenvalue weighted by molar-refractivity contribution is 0.102. The van der Waals surface area contributed by atoms with Gasteiger partial charge in [-0.3, -0.25) is 4.79 Å². The summed E-state index contributed by atoms with van der Waals surface area (Å²) in [5.41, 5.74) is 2.19. The van der Waals surface area contributed by atoms with Crippen LogP contribution in [0.3, 0.4) is 0 Å². The number of carbonyl (C=O) groups excluding carboxylic acids is 1. The minimum absolute atomic E-state index is 0.155. The molecule has 2 aromatic heterocycles. The SMILES string of the molecule is Cc1nc(COc2cccc(C(=O)Nc3c(C)cnn3-c3ccccc3)c2)no1. The highest BCUT2D eigenvalue weighted by Crippen LogP contribution is 2.21. The van der Waals surface area contributed by atoms with E-state index in [-0.39, 0.29) is 12.5 Å². The van der Waals surface area contributed by atoms with Crippen LogP contribution in [0.2, 0.25) is 0 Å². The van der Waals surface area contributed by atoms with Crippen LogP contribution in [0.1, 0.15) is 27.6 Å². The maximum atomic E-state index is 12.8. The summed E-state index contributed by atoms with van der Waals surface area (Å²) in [6.45, 7) is 3.76. The van der Waals surface area contributed by atoms with Crippen LogP contribution in [0.15, 0.2) is 65.3 Å². The molecule has 0 bridgehead atoms. The van der Waals surface area contributed by atoms with Gasteiger partial charge in [-0.2, -0.15) is 10.1 Å². The van der Waals surface area contributed by atoms with Gasteiger partial charge in [0, 0.05) is 18.1 Å². The average molecular weight is 389 g/mol. The molecule has 0 aliphatic heterocycles. The van der Waals surface area contributed by atoms with Gasteiger partial charge in [0.2, 0.25) is 11.7 Å². The Morgan fingerprint density at radius 1 is 1.14 bits per heavy atom. The van der Waals surface area contributed by atoms with Gasteiger partial charge in [0.05, 0.1) is 11.9 Å². The molecule has 8 nitrogen and oxygen atoms in total. The molecule has 4 rings (SSSR count). The van der Waals surface area contributed by atoms with Crippen molar-refractivity contribution >= 4 is 11.7 Å². The number of hydrogen-bond donors (Lipinski definition) is 1. The number of anilines is 1. The van der Waals surface area contributed by atoms with Crippen LogP contribution < -0.4 is 10.1 Å². The summed E-state index contributed by atoms with van der Waals surface area (Å²) in [5.74, 6) is 1.82. The summed E-state index contributed by atoms with van der Waals surface area (Å²) >= 11 is 0. The first-order chi connectivity index (χ1) is 14.1. The molecule has 2 aromatic carbocycles. The molecular weight excluding hydrogens is 370 g/mol. The molecule has 0 atom stereocenters. The number of amides is 1. The van der Waals surface area contributed by atoms with Gasteiger partial charge in [-0.05, 0) is 37.3 Å². The van der Waals surface area contributed by atoms with Crippen molar-refractivity contribution in [2.24, 2.45) is 0 Å². The number of nitrogens with zero attached hydrogens (tertiary/aromatic N) is 4. The van der Waals surface area contributed by atoms with Gasteiger partial charge in [0.25, 0.3) is 5.91 Å². The first kappa shape index (κ1) is 18.4. The zero-order chi connectivity index (χ0) is 20.2. The molecule has 0 spiro atoms. The summed E-state index contributed by atoms with van der Waals surface area (Å²) in [6, 6.07) is 16.5. The normalized spacial score (nSPS) is 10.7. The van der Waals surface area contributed by atoms with Crippen LogP contribution in [0.4, 0.5) is 5.82 Å². The molecule has 0 saturated carbocycles. The predicted molar refractivity (Wildman–Crippen MR) is 106 cm³/mol. The molecule has 0 fully saturated rings. The zero-order valence-corrected chi connectivity index (χ0v) is 16.0. The molecule has 0 aliphatic rings. The van der Waals surface area contributed by atoms with Crippen LogP contribution in [-0.4, -0.2) is 25.8 Å². The van der Waals surface area contributed by atoms with Gasteiger partial charge in [-0.25, -0.2) is 4.68 Å². The van der Waals surface area contributed by atoms with E-state index in [1.54, 1.807) is 42.1 Å². The smallest absolute Gasteiger partial charge is 0.256 e. The summed E-state index contributed by atoms with van der Waals surface area (Å²) in [7, 11) is 0. The van der Waals surface area contributed by atoms with Crippen molar-refractivity contribution in [1.82, 2.24) is 19.9 Å². The number of aryl methyl sites for hydroxylation is 2. The summed E-state index contributed by atoms with van der Waals surface area (Å²) < 4.78 is 12.3. The molecule has 0 aliphatic carbocycles. The number of para-hydroxylation sites is 1. The standard InChI is InChI=1S/C21H19N5O3/c1-14-12-22-26(17-8-4-3-5-9-17)20(14)24-21(27)16-7-6-10-18(11-16)28-13-19-23-15(2)29-25-19/h3-12H,13H2,1-2H3,(H,24,27). The lowest BCUT2D eigenvalue weighted by Crippen LogP contribution is -2.16. The van der Waals surface area contributed by atoms with Crippen LogP contribution >= 0.6 is 0 Å². The molecular formula is C21H19N5O3. The number of hydrogen-bond acceptors (Lipinski definition) is 6. The fourth-order valence-electron chi connectivity index (χ4n) is 2.80. The second-order valence-electron chi connectivity index (χ2n) is 6.42. The van der Waals surface area contributed by atoms with E-state index < -0.39 is 0 Å². The van der Waals surface area contributed by atoms with E-state index in [1.807, 2.05) is 37.3 Å². The van der Waals surface area contributed by atoms with Crippen molar-refractivity contribution in [2.75, 3.05) is 5.32 Å². The van der Waals surface area contributed by atoms with Crippen molar-refractivity contribution in [3.8, 4) is 11.4 Å². The largest absolute Gasteiger partial charge is 0.485 e. The molecule has 2 heterocycles. The number of carbonyl (C=O) groups is 1. The second-order valence-corrected chi connectivity index (χ2v) is 6.42. The Hall–Kier alpha value is -3.94. The van der Waals surface area contributed by atoms with Gasteiger partial charge >= 0.3 is 0 Å². The monoisotopic (exact) mass is 389 g/mol. The first-order valence-corrected chi connectivity index (χ1v) is 9.03. The van der Waals surface area contributed by atoms with Crippen molar-refractivity contribution in [1.29, 1.82) is 0 Å². The summed E-state index contributed by atoms with van der Waals surface area (Å²) in [6.07, 6.45) is 1.72. The molecule has 4 aromatic rings. The number of aromatic nitrogens is 4. The molecule has 1 amide bonds. The average Bonchev–Trinajstić information content (AvgIpc) is 3.33. The van der Waals surface area contributed by atoms with Gasteiger partial charge < -0.3 is 14.6 Å². The lowest BCUT2D eigenvalue weighted by atomic mass is 10.2. The predicted octanol–water partition coefficient (Wildman–Crippen LogP) is 3.70. The molecule has 146 valence electrons. The van der Waals surface area contributed by atoms with Crippen molar-refractivity contribution in [3.63, 3.8) is 0 Å². The lowest BCUT2D eigenvalue weighted by Gasteiger charge is -2.11. The number of rotatable bonds is 6. The Kier molecular flexibility index (Phi) is 5.07. The third kappa shape index (κ3) is 4.16. The van der Waals surface area contributed by atoms with E-state index in [4.69, 9.17) is 9.26 Å². The molecule has 0 unspecified atom stereocenters. The Labute approximate surface area is 167 Å². The Morgan fingerprint density at radius 3 is 2.72 bits per heavy atom. The van der Waals surface area contributed by atoms with E-state index in [0.717, 1.165) is 11.3 Å². The Balaban J connectivity index is 1.50. The van der Waals surface area contributed by atoms with Crippen LogP contribution in [-0.2, 0) is 6.61 Å². The van der Waals surface area contributed by atoms with Crippen LogP contribution in [0.5, 0.6) is 5.75 Å². The van der Waals surface area contributed by atoms with Gasteiger partial charge in [0.1, 0.15) is 11.6 Å². The Bertz CT molecular complexity index is 1130. The highest BCUT2D eigenvalue weighted by Gasteiger charge is 2.14. The number of benzene rings is 2. The number of ether oxygens (including phenoxy) is 1. The minimum atomic E-state index is -0.258. The quantitative estimate of drug-likeness (QED) is 0.540. The van der Waals surface area contributed by atoms with Gasteiger partial charge in [-0.1, -0.05) is 29.4 Å². The summed E-state index contributed by atoms with van der Waals surface area (Å²) in [5, 5.41) is 11.1. The van der Waals surface area contributed by atoms with Gasteiger partial charge in [0.15, 0.2) is 6.61 Å². The van der Waals surface area contributed by atoms with Crippen molar-refractivity contribution in [3.05, 3.63) is 83.6 Å². The molecule has 1 N–H and O–H groups in total. The van der Waals surface area contributed by atoms with Crippen molar-refractivity contribution in [2.45, 2.75) is 20.5 Å². The third-order valence-electron chi connectivity index (χ3n) is 4.22. The first-order valence-electron chi connectivity index (χ1n) is 9.03. The maximum Gasteiger partial charge on any atom is 0.256 e. The van der Waals surface area contributed by atoms with E-state index >= 15 is 0 Å². The molecule has 0 saturated heterocycles. The summed E-state index contributed by atoms with van der Waals surface area (Å²) in [4.78, 5) is 16.9. The maximum absolute atomic E-state index is 12.8. The van der Waals surface area contributed by atoms with E-state index in [9.17, 15) is 4.79 Å².